The largest absolute Gasteiger partial charge is 0.481 e. The maximum absolute atomic E-state index is 10.6. The number of unbranched alkanes of at least 4 members (excludes halogenated alkanes) is 1. The molecule has 0 saturated heterocycles. The summed E-state index contributed by atoms with van der Waals surface area (Å²) in [6.07, 6.45) is 4.08. The molecule has 0 bridgehead atoms. The Bertz CT molecular complexity index is 230. The van der Waals surface area contributed by atoms with Crippen molar-refractivity contribution < 1.29 is 19.8 Å². The van der Waals surface area contributed by atoms with Crippen LogP contribution in [0, 0.1) is 0 Å². The van der Waals surface area contributed by atoms with Crippen molar-refractivity contribution in [2.45, 2.75) is 39.0 Å². The summed E-state index contributed by atoms with van der Waals surface area (Å²) in [5.41, 5.74) is 0.387. The maximum Gasteiger partial charge on any atom is 0.331 e. The van der Waals surface area contributed by atoms with E-state index in [1.165, 1.54) is 0 Å². The fraction of sp³-hybridized carbons (Fsp3) is 0.600. The summed E-state index contributed by atoms with van der Waals surface area (Å²) < 4.78 is 0. The summed E-state index contributed by atoms with van der Waals surface area (Å²) in [7, 11) is 0. The zero-order valence-corrected chi connectivity index (χ0v) is 8.32. The normalized spacial score (nSPS) is 11.4. The number of allylic oxidation sites excluding steroid dienone is 1. The number of rotatable bonds is 7. The van der Waals surface area contributed by atoms with Crippen molar-refractivity contribution in [1.29, 1.82) is 0 Å². The smallest absolute Gasteiger partial charge is 0.331 e. The molecule has 0 aliphatic rings. The summed E-state index contributed by atoms with van der Waals surface area (Å²) in [4.78, 5) is 20.8. The van der Waals surface area contributed by atoms with Crippen LogP contribution in [0.3, 0.4) is 0 Å². The fourth-order valence-corrected chi connectivity index (χ4v) is 1.13. The zero-order chi connectivity index (χ0) is 11.0. The van der Waals surface area contributed by atoms with Gasteiger partial charge in [-0.15, -0.1) is 0 Å². The van der Waals surface area contributed by atoms with Gasteiger partial charge in [-0.3, -0.25) is 4.79 Å². The summed E-state index contributed by atoms with van der Waals surface area (Å²) in [6.45, 7) is 1.88. The Hall–Kier alpha value is -1.32. The van der Waals surface area contributed by atoms with Gasteiger partial charge in [0.05, 0.1) is 0 Å². The fourth-order valence-electron chi connectivity index (χ4n) is 1.13. The van der Waals surface area contributed by atoms with E-state index in [1.54, 1.807) is 6.08 Å². The van der Waals surface area contributed by atoms with Crippen LogP contribution < -0.4 is 0 Å². The number of hydrogen-bond acceptors (Lipinski definition) is 2. The molecule has 0 saturated carbocycles. The lowest BCUT2D eigenvalue weighted by atomic mass is 10.1. The molecule has 4 nitrogen and oxygen atoms in total. The van der Waals surface area contributed by atoms with Crippen LogP contribution in [0.5, 0.6) is 0 Å². The van der Waals surface area contributed by atoms with Gasteiger partial charge in [0.15, 0.2) is 0 Å². The summed E-state index contributed by atoms with van der Waals surface area (Å²) >= 11 is 0. The Kier molecular flexibility index (Phi) is 6.45. The van der Waals surface area contributed by atoms with E-state index >= 15 is 0 Å². The number of aliphatic carboxylic acids is 2. The van der Waals surface area contributed by atoms with E-state index in [0.29, 0.717) is 31.3 Å². The third-order valence-corrected chi connectivity index (χ3v) is 1.81. The number of hydrogen-bond donors (Lipinski definition) is 2. The third-order valence-electron chi connectivity index (χ3n) is 1.81. The number of carboxylic acid groups (broad SMARTS) is 2. The number of carboxylic acids is 2. The molecular weight excluding hydrogens is 184 g/mol. The molecule has 0 spiro atoms. The van der Waals surface area contributed by atoms with E-state index in [-0.39, 0.29) is 6.42 Å². The molecule has 80 valence electrons. The zero-order valence-electron chi connectivity index (χ0n) is 8.32. The lowest BCUT2D eigenvalue weighted by Crippen LogP contribution is -2.01. The molecule has 0 radical (unpaired) electrons. The standard InChI is InChI=1S/C10H16O4/c1-2-5-8(10(13)14)6-3-4-7-9(11)12/h5H,2-4,6-7H2,1H3,(H,11,12)(H,13,14). The Morgan fingerprint density at radius 3 is 2.14 bits per heavy atom. The molecule has 0 unspecified atom stereocenters. The van der Waals surface area contributed by atoms with E-state index in [2.05, 4.69) is 0 Å². The van der Waals surface area contributed by atoms with Crippen molar-refractivity contribution >= 4 is 11.9 Å². The van der Waals surface area contributed by atoms with E-state index < -0.39 is 11.9 Å². The van der Waals surface area contributed by atoms with Gasteiger partial charge < -0.3 is 10.2 Å². The van der Waals surface area contributed by atoms with Crippen molar-refractivity contribution in [2.75, 3.05) is 0 Å². The molecule has 0 rings (SSSR count). The minimum Gasteiger partial charge on any atom is -0.481 e. The molecule has 2 N–H and O–H groups in total. The highest BCUT2D eigenvalue weighted by atomic mass is 16.4. The molecule has 0 aliphatic heterocycles. The quantitative estimate of drug-likeness (QED) is 0.487. The summed E-state index contributed by atoms with van der Waals surface area (Å²) in [5, 5.41) is 17.1. The Morgan fingerprint density at radius 2 is 1.71 bits per heavy atom. The first kappa shape index (κ1) is 12.7. The van der Waals surface area contributed by atoms with Crippen LogP contribution >= 0.6 is 0 Å². The molecule has 0 aromatic rings. The predicted molar refractivity (Wildman–Crippen MR) is 52.1 cm³/mol. The molecule has 14 heavy (non-hydrogen) atoms. The van der Waals surface area contributed by atoms with Gasteiger partial charge in [-0.2, -0.15) is 0 Å². The van der Waals surface area contributed by atoms with Crippen LogP contribution in [0.4, 0.5) is 0 Å². The minimum absolute atomic E-state index is 0.110. The van der Waals surface area contributed by atoms with Crippen molar-refractivity contribution in [3.05, 3.63) is 11.6 Å². The van der Waals surface area contributed by atoms with Crippen LogP contribution in [-0.2, 0) is 9.59 Å². The number of carbonyl (C=O) groups is 2. The van der Waals surface area contributed by atoms with Crippen LogP contribution in [-0.4, -0.2) is 22.2 Å². The second kappa shape index (κ2) is 7.12. The van der Waals surface area contributed by atoms with Gasteiger partial charge in [-0.05, 0) is 25.7 Å². The Labute approximate surface area is 83.2 Å². The van der Waals surface area contributed by atoms with Gasteiger partial charge in [-0.25, -0.2) is 4.79 Å². The van der Waals surface area contributed by atoms with Gasteiger partial charge in [0.2, 0.25) is 0 Å². The molecule has 0 aromatic heterocycles. The molecule has 0 fully saturated rings. The first-order valence-corrected chi connectivity index (χ1v) is 4.72. The van der Waals surface area contributed by atoms with Crippen molar-refractivity contribution in [3.8, 4) is 0 Å². The molecule has 0 heterocycles. The Balaban J connectivity index is 3.79. The second-order valence-corrected chi connectivity index (χ2v) is 3.04. The highest BCUT2D eigenvalue weighted by Gasteiger charge is 2.06. The van der Waals surface area contributed by atoms with Gasteiger partial charge in [-0.1, -0.05) is 13.0 Å². The van der Waals surface area contributed by atoms with E-state index in [0.717, 1.165) is 0 Å². The van der Waals surface area contributed by atoms with Gasteiger partial charge in [0.1, 0.15) is 0 Å². The van der Waals surface area contributed by atoms with Crippen LogP contribution in [0.1, 0.15) is 39.0 Å². The molecule has 0 atom stereocenters. The van der Waals surface area contributed by atoms with Crippen LogP contribution in [0.15, 0.2) is 11.6 Å². The van der Waals surface area contributed by atoms with Gasteiger partial charge in [0.25, 0.3) is 0 Å². The lowest BCUT2D eigenvalue weighted by molar-refractivity contribution is -0.137. The third kappa shape index (κ3) is 6.22. The van der Waals surface area contributed by atoms with Gasteiger partial charge >= 0.3 is 11.9 Å². The van der Waals surface area contributed by atoms with Crippen LogP contribution in [0.2, 0.25) is 0 Å². The highest BCUT2D eigenvalue weighted by molar-refractivity contribution is 5.86. The van der Waals surface area contributed by atoms with Crippen LogP contribution in [0.25, 0.3) is 0 Å². The Morgan fingerprint density at radius 1 is 1.14 bits per heavy atom. The average molecular weight is 200 g/mol. The van der Waals surface area contributed by atoms with E-state index in [9.17, 15) is 9.59 Å². The first-order valence-electron chi connectivity index (χ1n) is 4.72. The molecule has 0 amide bonds. The second-order valence-electron chi connectivity index (χ2n) is 3.04. The average Bonchev–Trinajstić information content (AvgIpc) is 2.09. The lowest BCUT2D eigenvalue weighted by Gasteiger charge is -2.00. The van der Waals surface area contributed by atoms with Gasteiger partial charge in [0, 0.05) is 12.0 Å². The van der Waals surface area contributed by atoms with Crippen molar-refractivity contribution in [3.63, 3.8) is 0 Å². The van der Waals surface area contributed by atoms with E-state index in [4.69, 9.17) is 10.2 Å². The summed E-state index contributed by atoms with van der Waals surface area (Å²) in [5.74, 6) is -1.73. The molecular formula is C10H16O4. The predicted octanol–water partition coefficient (Wildman–Crippen LogP) is 2.05. The molecule has 4 heteroatoms. The monoisotopic (exact) mass is 200 g/mol. The topological polar surface area (TPSA) is 74.6 Å². The van der Waals surface area contributed by atoms with E-state index in [1.807, 2.05) is 6.92 Å². The minimum atomic E-state index is -0.901. The first-order chi connectivity index (χ1) is 6.57. The highest BCUT2D eigenvalue weighted by Crippen LogP contribution is 2.10. The van der Waals surface area contributed by atoms with Crippen molar-refractivity contribution in [2.24, 2.45) is 0 Å². The SMILES string of the molecule is CCC=C(CCCCC(=O)O)C(=O)O. The maximum atomic E-state index is 10.6. The molecule has 0 aromatic carbocycles. The molecule has 0 aliphatic carbocycles. The van der Waals surface area contributed by atoms with Crippen molar-refractivity contribution in [1.82, 2.24) is 0 Å². The summed E-state index contributed by atoms with van der Waals surface area (Å²) in [6, 6.07) is 0.